The van der Waals surface area contributed by atoms with E-state index in [4.69, 9.17) is 5.73 Å². The van der Waals surface area contributed by atoms with E-state index in [-0.39, 0.29) is 24.8 Å². The highest BCUT2D eigenvalue weighted by molar-refractivity contribution is 7.12. The molecular weight excluding hydrogens is 254 g/mol. The maximum Gasteiger partial charge on any atom is 0.261 e. The lowest BCUT2D eigenvalue weighted by Gasteiger charge is -2.04. The van der Waals surface area contributed by atoms with Gasteiger partial charge in [0.25, 0.3) is 5.91 Å². The molecule has 1 heterocycles. The number of thiophene rings is 1. The van der Waals surface area contributed by atoms with Crippen LogP contribution in [0.4, 0.5) is 0 Å². The Labute approximate surface area is 109 Å². The lowest BCUT2D eigenvalue weighted by Crippen LogP contribution is -2.33. The zero-order valence-corrected chi connectivity index (χ0v) is 10.6. The zero-order valence-electron chi connectivity index (χ0n) is 9.77. The lowest BCUT2D eigenvalue weighted by molar-refractivity contribution is -0.124. The van der Waals surface area contributed by atoms with Crippen molar-refractivity contribution in [3.8, 4) is 0 Å². The van der Waals surface area contributed by atoms with Crippen molar-refractivity contribution >= 4 is 29.1 Å². The van der Waals surface area contributed by atoms with E-state index in [1.54, 1.807) is 12.1 Å². The van der Waals surface area contributed by atoms with E-state index in [1.165, 1.54) is 11.3 Å². The molecule has 0 spiro atoms. The van der Waals surface area contributed by atoms with Crippen LogP contribution in [-0.4, -0.2) is 30.8 Å². The molecule has 0 bridgehead atoms. The summed E-state index contributed by atoms with van der Waals surface area (Å²) < 4.78 is 0. The number of nitrogens with two attached hydrogens (primary N) is 1. The minimum Gasteiger partial charge on any atom is -0.368 e. The zero-order chi connectivity index (χ0) is 13.4. The first kappa shape index (κ1) is 14.2. The fraction of sp³-hybridized carbons (Fsp3) is 0.364. The first-order valence-electron chi connectivity index (χ1n) is 5.46. The highest BCUT2D eigenvalue weighted by Crippen LogP contribution is 2.07. The van der Waals surface area contributed by atoms with Crippen molar-refractivity contribution in [1.82, 2.24) is 10.6 Å². The minimum atomic E-state index is -0.575. The summed E-state index contributed by atoms with van der Waals surface area (Å²) in [5, 5.41) is 6.90. The van der Waals surface area contributed by atoms with Gasteiger partial charge in [-0.05, 0) is 17.9 Å². The molecule has 0 aromatic carbocycles. The van der Waals surface area contributed by atoms with Crippen LogP contribution in [0.2, 0.25) is 0 Å². The van der Waals surface area contributed by atoms with Gasteiger partial charge in [-0.3, -0.25) is 14.4 Å². The third kappa shape index (κ3) is 5.44. The number of amides is 3. The normalized spacial score (nSPS) is 9.78. The molecule has 0 aliphatic rings. The Morgan fingerprint density at radius 3 is 2.67 bits per heavy atom. The summed E-state index contributed by atoms with van der Waals surface area (Å²) in [6.07, 6.45) is 0.764. The van der Waals surface area contributed by atoms with Crippen LogP contribution in [0.25, 0.3) is 0 Å². The Bertz CT molecular complexity index is 417. The number of hydrogen-bond acceptors (Lipinski definition) is 4. The largest absolute Gasteiger partial charge is 0.368 e. The van der Waals surface area contributed by atoms with Gasteiger partial charge in [-0.1, -0.05) is 6.07 Å². The Balaban J connectivity index is 2.10. The van der Waals surface area contributed by atoms with Crippen LogP contribution in [0, 0.1) is 0 Å². The average molecular weight is 269 g/mol. The van der Waals surface area contributed by atoms with Crippen molar-refractivity contribution < 1.29 is 14.4 Å². The van der Waals surface area contributed by atoms with E-state index >= 15 is 0 Å². The SMILES string of the molecule is NC(=O)CNC(=O)CCCNC(=O)c1cccs1. The summed E-state index contributed by atoms with van der Waals surface area (Å²) in [5.74, 6) is -0.962. The molecule has 1 aromatic heterocycles. The molecule has 1 aromatic rings. The van der Waals surface area contributed by atoms with E-state index < -0.39 is 5.91 Å². The van der Waals surface area contributed by atoms with Crippen LogP contribution >= 0.6 is 11.3 Å². The van der Waals surface area contributed by atoms with Gasteiger partial charge in [0.15, 0.2) is 0 Å². The third-order valence-electron chi connectivity index (χ3n) is 2.07. The van der Waals surface area contributed by atoms with Crippen LogP contribution in [-0.2, 0) is 9.59 Å². The van der Waals surface area contributed by atoms with Crippen LogP contribution in [0.3, 0.4) is 0 Å². The molecule has 7 heteroatoms. The number of primary amides is 1. The number of rotatable bonds is 7. The summed E-state index contributed by atoms with van der Waals surface area (Å²) in [4.78, 5) is 33.7. The number of nitrogens with one attached hydrogen (secondary N) is 2. The molecule has 0 aliphatic heterocycles. The highest BCUT2D eigenvalue weighted by Gasteiger charge is 2.06. The number of carbonyl (C=O) groups is 3. The molecule has 4 N–H and O–H groups in total. The topological polar surface area (TPSA) is 101 Å². The molecule has 0 radical (unpaired) electrons. The number of hydrogen-bond donors (Lipinski definition) is 3. The Kier molecular flexibility index (Phi) is 5.86. The van der Waals surface area contributed by atoms with E-state index in [0.29, 0.717) is 17.8 Å². The van der Waals surface area contributed by atoms with E-state index in [9.17, 15) is 14.4 Å². The molecule has 0 saturated heterocycles. The van der Waals surface area contributed by atoms with E-state index in [2.05, 4.69) is 10.6 Å². The van der Waals surface area contributed by atoms with Crippen LogP contribution in [0.5, 0.6) is 0 Å². The predicted molar refractivity (Wildman–Crippen MR) is 68.1 cm³/mol. The fourth-order valence-electron chi connectivity index (χ4n) is 1.22. The van der Waals surface area contributed by atoms with Crippen molar-refractivity contribution in [1.29, 1.82) is 0 Å². The van der Waals surface area contributed by atoms with Gasteiger partial charge in [0.1, 0.15) is 0 Å². The van der Waals surface area contributed by atoms with Gasteiger partial charge in [0.2, 0.25) is 11.8 Å². The summed E-state index contributed by atoms with van der Waals surface area (Å²) in [7, 11) is 0. The lowest BCUT2D eigenvalue weighted by atomic mass is 10.3. The molecule has 0 saturated carbocycles. The van der Waals surface area contributed by atoms with Crippen molar-refractivity contribution in [2.45, 2.75) is 12.8 Å². The van der Waals surface area contributed by atoms with Crippen molar-refractivity contribution in [2.24, 2.45) is 5.73 Å². The minimum absolute atomic E-state index is 0.137. The molecule has 0 unspecified atom stereocenters. The summed E-state index contributed by atoms with van der Waals surface area (Å²) in [5.41, 5.74) is 4.88. The molecule has 18 heavy (non-hydrogen) atoms. The Morgan fingerprint density at radius 1 is 1.28 bits per heavy atom. The molecule has 3 amide bonds. The van der Waals surface area contributed by atoms with Gasteiger partial charge in [-0.15, -0.1) is 11.3 Å². The second-order valence-electron chi connectivity index (χ2n) is 3.58. The molecule has 1 rings (SSSR count). The highest BCUT2D eigenvalue weighted by atomic mass is 32.1. The van der Waals surface area contributed by atoms with Gasteiger partial charge in [0.05, 0.1) is 11.4 Å². The average Bonchev–Trinajstić information content (AvgIpc) is 2.85. The Hall–Kier alpha value is -1.89. The molecule has 0 fully saturated rings. The van der Waals surface area contributed by atoms with Gasteiger partial charge >= 0.3 is 0 Å². The van der Waals surface area contributed by atoms with Crippen molar-refractivity contribution in [2.75, 3.05) is 13.1 Å². The second-order valence-corrected chi connectivity index (χ2v) is 4.53. The third-order valence-corrected chi connectivity index (χ3v) is 2.94. The first-order valence-corrected chi connectivity index (χ1v) is 6.34. The first-order chi connectivity index (χ1) is 8.59. The molecular formula is C11H15N3O3S. The summed E-state index contributed by atoms with van der Waals surface area (Å²) in [6.45, 7) is 0.265. The standard InChI is InChI=1S/C11H15N3O3S/c12-9(15)7-14-10(16)4-1-5-13-11(17)8-3-2-6-18-8/h2-3,6H,1,4-5,7H2,(H2,12,15)(H,13,17)(H,14,16). The van der Waals surface area contributed by atoms with E-state index in [0.717, 1.165) is 0 Å². The molecule has 6 nitrogen and oxygen atoms in total. The Morgan fingerprint density at radius 2 is 2.06 bits per heavy atom. The maximum absolute atomic E-state index is 11.5. The van der Waals surface area contributed by atoms with Crippen molar-refractivity contribution in [3.05, 3.63) is 22.4 Å². The fourth-order valence-corrected chi connectivity index (χ4v) is 1.86. The summed E-state index contributed by atoms with van der Waals surface area (Å²) >= 11 is 1.36. The van der Waals surface area contributed by atoms with Gasteiger partial charge in [-0.25, -0.2) is 0 Å². The van der Waals surface area contributed by atoms with Crippen LogP contribution in [0.1, 0.15) is 22.5 Å². The molecule has 0 aliphatic carbocycles. The summed E-state index contributed by atoms with van der Waals surface area (Å²) in [6, 6.07) is 3.54. The van der Waals surface area contributed by atoms with Crippen LogP contribution < -0.4 is 16.4 Å². The molecule has 98 valence electrons. The van der Waals surface area contributed by atoms with Gasteiger partial charge in [-0.2, -0.15) is 0 Å². The van der Waals surface area contributed by atoms with Gasteiger partial charge in [0, 0.05) is 13.0 Å². The van der Waals surface area contributed by atoms with Crippen molar-refractivity contribution in [3.63, 3.8) is 0 Å². The molecule has 0 atom stereocenters. The van der Waals surface area contributed by atoms with E-state index in [1.807, 2.05) is 5.38 Å². The monoisotopic (exact) mass is 269 g/mol. The predicted octanol–water partition coefficient (Wildman–Crippen LogP) is -0.140. The maximum atomic E-state index is 11.5. The van der Waals surface area contributed by atoms with Crippen LogP contribution in [0.15, 0.2) is 17.5 Å². The van der Waals surface area contributed by atoms with Gasteiger partial charge < -0.3 is 16.4 Å². The second kappa shape index (κ2) is 7.44. The number of carbonyl (C=O) groups excluding carboxylic acids is 3. The quantitative estimate of drug-likeness (QED) is 0.600. The smallest absolute Gasteiger partial charge is 0.261 e.